The summed E-state index contributed by atoms with van der Waals surface area (Å²) < 4.78 is 5.71. The molecule has 24 heavy (non-hydrogen) atoms. The van der Waals surface area contributed by atoms with Gasteiger partial charge in [-0.1, -0.05) is 6.42 Å². The molecule has 1 fully saturated rings. The van der Waals surface area contributed by atoms with Crippen LogP contribution >= 0.6 is 11.3 Å². The molecule has 0 unspecified atom stereocenters. The minimum atomic E-state index is -0.0378. The van der Waals surface area contributed by atoms with Crippen molar-refractivity contribution in [3.05, 3.63) is 16.0 Å². The minimum absolute atomic E-state index is 0.0378. The summed E-state index contributed by atoms with van der Waals surface area (Å²) in [5, 5.41) is 13.3. The van der Waals surface area contributed by atoms with Gasteiger partial charge in [0.05, 0.1) is 24.3 Å². The highest BCUT2D eigenvalue weighted by Crippen LogP contribution is 2.36. The largest absolute Gasteiger partial charge is 0.373 e. The summed E-state index contributed by atoms with van der Waals surface area (Å²) in [5.41, 5.74) is 1.86. The summed E-state index contributed by atoms with van der Waals surface area (Å²) >= 11 is 1.59. The van der Waals surface area contributed by atoms with Crippen LogP contribution in [-0.4, -0.2) is 42.6 Å². The van der Waals surface area contributed by atoms with Gasteiger partial charge >= 0.3 is 0 Å². The molecule has 1 aromatic rings. The lowest BCUT2D eigenvalue weighted by atomic mass is 10.1. The number of nitrogens with one attached hydrogen (secondary N) is 1. The molecule has 2 heterocycles. The second kappa shape index (κ2) is 7.64. The van der Waals surface area contributed by atoms with Crippen molar-refractivity contribution in [2.45, 2.75) is 58.2 Å². The third kappa shape index (κ3) is 3.97. The molecule has 1 aliphatic heterocycles. The molecular weight excluding hydrogens is 322 g/mol. The molecule has 6 heteroatoms. The Morgan fingerprint density at radius 1 is 1.29 bits per heavy atom. The van der Waals surface area contributed by atoms with E-state index in [1.807, 2.05) is 13.8 Å². The van der Waals surface area contributed by atoms with Crippen molar-refractivity contribution in [3.63, 3.8) is 0 Å². The van der Waals surface area contributed by atoms with Gasteiger partial charge in [0, 0.05) is 18.0 Å². The Morgan fingerprint density at radius 2 is 2.00 bits per heavy atom. The zero-order chi connectivity index (χ0) is 17.1. The fourth-order valence-corrected chi connectivity index (χ4v) is 4.99. The Balaban J connectivity index is 1.67. The van der Waals surface area contributed by atoms with Crippen molar-refractivity contribution < 1.29 is 9.53 Å². The van der Waals surface area contributed by atoms with Crippen LogP contribution in [0.2, 0.25) is 0 Å². The number of morpholine rings is 1. The van der Waals surface area contributed by atoms with Crippen LogP contribution in [0.1, 0.15) is 49.1 Å². The van der Waals surface area contributed by atoms with Gasteiger partial charge in [-0.15, -0.1) is 11.3 Å². The first kappa shape index (κ1) is 17.4. The highest BCUT2D eigenvalue weighted by molar-refractivity contribution is 7.16. The number of anilines is 1. The van der Waals surface area contributed by atoms with Crippen LogP contribution < -0.4 is 5.32 Å². The number of ether oxygens (including phenoxy) is 1. The number of rotatable bonds is 3. The van der Waals surface area contributed by atoms with E-state index in [-0.39, 0.29) is 18.1 Å². The zero-order valence-electron chi connectivity index (χ0n) is 14.4. The molecule has 1 aliphatic carbocycles. The Labute approximate surface area is 147 Å². The maximum absolute atomic E-state index is 12.4. The second-order valence-corrected chi connectivity index (χ2v) is 7.99. The number of amides is 1. The lowest BCUT2D eigenvalue weighted by Gasteiger charge is -2.34. The average molecular weight is 347 g/mol. The summed E-state index contributed by atoms with van der Waals surface area (Å²) in [5.74, 6) is -0.0378. The van der Waals surface area contributed by atoms with E-state index in [1.165, 1.54) is 23.3 Å². The lowest BCUT2D eigenvalue weighted by molar-refractivity contribution is -0.121. The van der Waals surface area contributed by atoms with E-state index in [0.717, 1.165) is 37.4 Å². The van der Waals surface area contributed by atoms with Gasteiger partial charge in [0.15, 0.2) is 0 Å². The number of thiophene rings is 1. The molecular formula is C18H25N3O2S. The van der Waals surface area contributed by atoms with Gasteiger partial charge in [-0.25, -0.2) is 0 Å². The monoisotopic (exact) mass is 347 g/mol. The first-order chi connectivity index (χ1) is 11.6. The quantitative estimate of drug-likeness (QED) is 0.854. The van der Waals surface area contributed by atoms with Crippen LogP contribution in [0.3, 0.4) is 0 Å². The SMILES string of the molecule is C[C@@H]1CN(CC(=O)Nc2sc3c(c2C#N)CCCCC3)C[C@H](C)O1. The molecule has 130 valence electrons. The van der Waals surface area contributed by atoms with Crippen molar-refractivity contribution in [3.8, 4) is 6.07 Å². The highest BCUT2D eigenvalue weighted by atomic mass is 32.1. The average Bonchev–Trinajstić information content (AvgIpc) is 2.66. The Bertz CT molecular complexity index is 639. The van der Waals surface area contributed by atoms with Crippen molar-refractivity contribution >= 4 is 22.2 Å². The molecule has 1 N–H and O–H groups in total. The predicted molar refractivity (Wildman–Crippen MR) is 95.4 cm³/mol. The summed E-state index contributed by atoms with van der Waals surface area (Å²) in [7, 11) is 0. The molecule has 3 rings (SSSR count). The van der Waals surface area contributed by atoms with Crippen LogP contribution in [0, 0.1) is 11.3 Å². The second-order valence-electron chi connectivity index (χ2n) is 6.88. The van der Waals surface area contributed by atoms with Crippen molar-refractivity contribution in [1.82, 2.24) is 4.90 Å². The lowest BCUT2D eigenvalue weighted by Crippen LogP contribution is -2.48. The fraction of sp³-hybridized carbons (Fsp3) is 0.667. The third-order valence-electron chi connectivity index (χ3n) is 4.65. The molecule has 0 saturated carbocycles. The predicted octanol–water partition coefficient (Wildman–Crippen LogP) is 2.94. The van der Waals surface area contributed by atoms with Gasteiger partial charge in [-0.05, 0) is 45.1 Å². The van der Waals surface area contributed by atoms with Gasteiger partial charge in [-0.3, -0.25) is 9.69 Å². The molecule has 0 bridgehead atoms. The van der Waals surface area contributed by atoms with E-state index in [1.54, 1.807) is 11.3 Å². The van der Waals surface area contributed by atoms with Crippen LogP contribution in [-0.2, 0) is 22.4 Å². The third-order valence-corrected chi connectivity index (χ3v) is 5.86. The van der Waals surface area contributed by atoms with Crippen LogP contribution in [0.4, 0.5) is 5.00 Å². The van der Waals surface area contributed by atoms with Crippen LogP contribution in [0.5, 0.6) is 0 Å². The maximum atomic E-state index is 12.4. The van der Waals surface area contributed by atoms with E-state index in [4.69, 9.17) is 4.74 Å². The standard InChI is InChI=1S/C18H25N3O2S/c1-12-9-21(10-13(2)23-12)11-17(22)20-18-15(8-19)14-6-4-3-5-7-16(14)24-18/h12-13H,3-7,9-11H2,1-2H3,(H,20,22)/t12-,13+. The number of aryl methyl sites for hydroxylation is 1. The number of carbonyl (C=O) groups is 1. The first-order valence-electron chi connectivity index (χ1n) is 8.79. The minimum Gasteiger partial charge on any atom is -0.373 e. The fourth-order valence-electron chi connectivity index (χ4n) is 3.73. The van der Waals surface area contributed by atoms with Crippen LogP contribution in [0.25, 0.3) is 0 Å². The van der Waals surface area contributed by atoms with Gasteiger partial charge in [-0.2, -0.15) is 5.26 Å². The zero-order valence-corrected chi connectivity index (χ0v) is 15.2. The highest BCUT2D eigenvalue weighted by Gasteiger charge is 2.25. The number of hydrogen-bond acceptors (Lipinski definition) is 5. The van der Waals surface area contributed by atoms with Gasteiger partial charge < -0.3 is 10.1 Å². The number of hydrogen-bond donors (Lipinski definition) is 1. The molecule has 0 spiro atoms. The normalized spacial score (nSPS) is 24.7. The number of nitrogens with zero attached hydrogens (tertiary/aromatic N) is 2. The van der Waals surface area contributed by atoms with Crippen molar-refractivity contribution in [1.29, 1.82) is 5.26 Å². The number of fused-ring (bicyclic) bond motifs is 1. The molecule has 1 aromatic heterocycles. The van der Waals surface area contributed by atoms with E-state index >= 15 is 0 Å². The van der Waals surface area contributed by atoms with Gasteiger partial charge in [0.2, 0.25) is 5.91 Å². The molecule has 0 aromatic carbocycles. The number of nitriles is 1. The molecule has 0 radical (unpaired) electrons. The van der Waals surface area contributed by atoms with E-state index in [0.29, 0.717) is 12.1 Å². The summed E-state index contributed by atoms with van der Waals surface area (Å²) in [4.78, 5) is 15.9. The molecule has 2 atom stereocenters. The molecule has 1 saturated heterocycles. The summed E-state index contributed by atoms with van der Waals surface area (Å²) in [6.07, 6.45) is 5.82. The molecule has 2 aliphatic rings. The Morgan fingerprint density at radius 3 is 2.71 bits per heavy atom. The topological polar surface area (TPSA) is 65.4 Å². The maximum Gasteiger partial charge on any atom is 0.239 e. The smallest absolute Gasteiger partial charge is 0.239 e. The van der Waals surface area contributed by atoms with Gasteiger partial charge in [0.25, 0.3) is 0 Å². The van der Waals surface area contributed by atoms with Crippen molar-refractivity contribution in [2.24, 2.45) is 0 Å². The number of carbonyl (C=O) groups excluding carboxylic acids is 1. The molecule has 5 nitrogen and oxygen atoms in total. The van der Waals surface area contributed by atoms with Crippen molar-refractivity contribution in [2.75, 3.05) is 25.0 Å². The van der Waals surface area contributed by atoms with E-state index in [9.17, 15) is 10.1 Å². The summed E-state index contributed by atoms with van der Waals surface area (Å²) in [6, 6.07) is 2.32. The Hall–Kier alpha value is -1.42. The van der Waals surface area contributed by atoms with E-state index in [2.05, 4.69) is 16.3 Å². The van der Waals surface area contributed by atoms with Crippen LogP contribution in [0.15, 0.2) is 0 Å². The Kier molecular flexibility index (Phi) is 5.54. The van der Waals surface area contributed by atoms with E-state index < -0.39 is 0 Å². The summed E-state index contributed by atoms with van der Waals surface area (Å²) in [6.45, 7) is 5.95. The molecule has 1 amide bonds. The van der Waals surface area contributed by atoms with Gasteiger partial charge in [0.1, 0.15) is 11.1 Å². The first-order valence-corrected chi connectivity index (χ1v) is 9.60.